The van der Waals surface area contributed by atoms with Gasteiger partial charge in [0.05, 0.1) is 12.2 Å². The molecule has 0 bridgehead atoms. The Bertz CT molecular complexity index is 466. The summed E-state index contributed by atoms with van der Waals surface area (Å²) in [5, 5.41) is 12.6. The predicted molar refractivity (Wildman–Crippen MR) is 73.8 cm³/mol. The molecule has 1 N–H and O–H groups in total. The van der Waals surface area contributed by atoms with Gasteiger partial charge in [0.15, 0.2) is 0 Å². The highest BCUT2D eigenvalue weighted by Crippen LogP contribution is 2.18. The zero-order valence-electron chi connectivity index (χ0n) is 11.0. The van der Waals surface area contributed by atoms with Crippen LogP contribution in [-0.4, -0.2) is 24.2 Å². The van der Waals surface area contributed by atoms with E-state index in [1.807, 2.05) is 6.07 Å². The fraction of sp³-hybridized carbons (Fsp3) is 0.571. The first-order chi connectivity index (χ1) is 9.20. The summed E-state index contributed by atoms with van der Waals surface area (Å²) in [6, 6.07) is 4.22. The second-order valence-corrected chi connectivity index (χ2v) is 5.30. The van der Waals surface area contributed by atoms with Gasteiger partial charge in [-0.3, -0.25) is 0 Å². The molecule has 1 aliphatic heterocycles. The second kappa shape index (κ2) is 6.85. The third-order valence-electron chi connectivity index (χ3n) is 3.55. The summed E-state index contributed by atoms with van der Waals surface area (Å²) in [6.45, 7) is 4.58. The van der Waals surface area contributed by atoms with E-state index in [2.05, 4.69) is 17.2 Å². The van der Waals surface area contributed by atoms with E-state index < -0.39 is 0 Å². The number of hydrogen-bond acceptors (Lipinski definition) is 4. The summed E-state index contributed by atoms with van der Waals surface area (Å²) in [5.74, 6) is 0.560. The Morgan fingerprint density at radius 2 is 2.53 bits per heavy atom. The van der Waals surface area contributed by atoms with Crippen molar-refractivity contribution in [3.05, 3.63) is 28.5 Å². The molecule has 0 amide bonds. The van der Waals surface area contributed by atoms with E-state index in [9.17, 15) is 0 Å². The highest BCUT2D eigenvalue weighted by molar-refractivity contribution is 6.30. The second-order valence-electron chi connectivity index (χ2n) is 4.94. The molecule has 5 heteroatoms. The number of ether oxygens (including phenoxy) is 1. The summed E-state index contributed by atoms with van der Waals surface area (Å²) >= 11 is 5.81. The molecule has 0 radical (unpaired) electrons. The molecule has 1 aromatic rings. The van der Waals surface area contributed by atoms with E-state index in [1.54, 1.807) is 12.3 Å². The molecule has 102 valence electrons. The lowest BCUT2D eigenvalue weighted by Crippen LogP contribution is -2.37. The molecule has 1 saturated heterocycles. The molecule has 0 spiro atoms. The van der Waals surface area contributed by atoms with Crippen LogP contribution in [0.5, 0.6) is 0 Å². The Balaban J connectivity index is 1.89. The molecule has 0 saturated carbocycles. The predicted octanol–water partition coefficient (Wildman–Crippen LogP) is 2.51. The van der Waals surface area contributed by atoms with Crippen molar-refractivity contribution in [2.24, 2.45) is 5.92 Å². The summed E-state index contributed by atoms with van der Waals surface area (Å²) in [6.07, 6.45) is 4.05. The van der Waals surface area contributed by atoms with Gasteiger partial charge >= 0.3 is 0 Å². The molecular formula is C14H18ClN3O. The van der Waals surface area contributed by atoms with Gasteiger partial charge in [0.25, 0.3) is 0 Å². The molecule has 19 heavy (non-hydrogen) atoms. The highest BCUT2D eigenvalue weighted by atomic mass is 35.5. The number of hydrogen-bond donors (Lipinski definition) is 1. The smallest absolute Gasteiger partial charge is 0.146 e. The van der Waals surface area contributed by atoms with Crippen LogP contribution >= 0.6 is 11.6 Å². The number of nitriles is 1. The monoisotopic (exact) mass is 279 g/mol. The number of nitrogens with one attached hydrogen (secondary N) is 1. The van der Waals surface area contributed by atoms with Crippen LogP contribution in [0.3, 0.4) is 0 Å². The molecule has 0 unspecified atom stereocenters. The van der Waals surface area contributed by atoms with Gasteiger partial charge in [0.2, 0.25) is 0 Å². The number of halogens is 1. The maximum Gasteiger partial charge on any atom is 0.146 e. The van der Waals surface area contributed by atoms with Gasteiger partial charge in [0, 0.05) is 25.4 Å². The Kier molecular flexibility index (Phi) is 5.15. The number of pyridine rings is 1. The fourth-order valence-electron chi connectivity index (χ4n) is 2.27. The van der Waals surface area contributed by atoms with Gasteiger partial charge in [-0.1, -0.05) is 11.6 Å². The normalized spacial score (nSPS) is 20.8. The third-order valence-corrected chi connectivity index (χ3v) is 3.85. The molecule has 2 atom stereocenters. The molecule has 1 fully saturated rings. The van der Waals surface area contributed by atoms with Crippen molar-refractivity contribution in [2.45, 2.75) is 32.4 Å². The quantitative estimate of drug-likeness (QED) is 0.861. The van der Waals surface area contributed by atoms with Crippen LogP contribution in [0.25, 0.3) is 0 Å². The summed E-state index contributed by atoms with van der Waals surface area (Å²) in [7, 11) is 0. The van der Waals surface area contributed by atoms with Gasteiger partial charge in [-0.05, 0) is 37.3 Å². The van der Waals surface area contributed by atoms with Crippen molar-refractivity contribution in [1.29, 1.82) is 5.26 Å². The molecule has 1 aliphatic rings. The van der Waals surface area contributed by atoms with E-state index in [4.69, 9.17) is 21.6 Å². The fourth-order valence-corrected chi connectivity index (χ4v) is 2.42. The number of rotatable bonds is 4. The van der Waals surface area contributed by atoms with Gasteiger partial charge in [-0.15, -0.1) is 0 Å². The summed E-state index contributed by atoms with van der Waals surface area (Å²) < 4.78 is 5.49. The number of aromatic nitrogens is 1. The van der Waals surface area contributed by atoms with Gasteiger partial charge < -0.3 is 10.1 Å². The van der Waals surface area contributed by atoms with Crippen LogP contribution in [0.4, 0.5) is 0 Å². The summed E-state index contributed by atoms with van der Waals surface area (Å²) in [4.78, 5) is 4.02. The van der Waals surface area contributed by atoms with Crippen molar-refractivity contribution in [1.82, 2.24) is 10.3 Å². The molecular weight excluding hydrogens is 262 g/mol. The van der Waals surface area contributed by atoms with E-state index in [1.165, 1.54) is 6.42 Å². The molecule has 2 rings (SSSR count). The zero-order chi connectivity index (χ0) is 13.7. The Hall–Kier alpha value is -1.15. The van der Waals surface area contributed by atoms with Crippen molar-refractivity contribution in [3.63, 3.8) is 0 Å². The minimum atomic E-state index is 0.264. The van der Waals surface area contributed by atoms with Gasteiger partial charge in [0.1, 0.15) is 11.2 Å². The van der Waals surface area contributed by atoms with Crippen LogP contribution < -0.4 is 5.32 Å². The average molecular weight is 280 g/mol. The van der Waals surface area contributed by atoms with Crippen LogP contribution in [0.2, 0.25) is 5.15 Å². The first-order valence-corrected chi connectivity index (χ1v) is 6.94. The van der Waals surface area contributed by atoms with E-state index in [-0.39, 0.29) is 5.15 Å². The van der Waals surface area contributed by atoms with Gasteiger partial charge in [-0.25, -0.2) is 4.98 Å². The van der Waals surface area contributed by atoms with Crippen LogP contribution in [-0.2, 0) is 11.3 Å². The van der Waals surface area contributed by atoms with Crippen LogP contribution in [0.1, 0.15) is 30.9 Å². The lowest BCUT2D eigenvalue weighted by atomic mass is 9.95. The Morgan fingerprint density at radius 1 is 1.68 bits per heavy atom. The lowest BCUT2D eigenvalue weighted by molar-refractivity contribution is 0.0417. The zero-order valence-corrected chi connectivity index (χ0v) is 11.8. The molecule has 0 aromatic carbocycles. The largest absolute Gasteiger partial charge is 0.381 e. The first-order valence-electron chi connectivity index (χ1n) is 6.56. The van der Waals surface area contributed by atoms with E-state index in [0.717, 1.165) is 25.2 Å². The first kappa shape index (κ1) is 14.3. The van der Waals surface area contributed by atoms with Crippen molar-refractivity contribution in [3.8, 4) is 6.07 Å². The topological polar surface area (TPSA) is 57.9 Å². The maximum atomic E-state index is 8.91. The number of nitrogens with zero attached hydrogens (tertiary/aromatic N) is 2. The van der Waals surface area contributed by atoms with Crippen molar-refractivity contribution < 1.29 is 4.74 Å². The molecule has 0 aliphatic carbocycles. The molecule has 1 aromatic heterocycles. The average Bonchev–Trinajstić information content (AvgIpc) is 2.47. The Labute approximate surface area is 118 Å². The van der Waals surface area contributed by atoms with Crippen LogP contribution in [0.15, 0.2) is 12.3 Å². The Morgan fingerprint density at radius 3 is 3.21 bits per heavy atom. The van der Waals surface area contributed by atoms with E-state index in [0.29, 0.717) is 24.1 Å². The SMILES string of the molecule is C[C@H](NCc1cnc(Cl)c(C#N)c1)[C@H]1CCCOC1. The maximum absolute atomic E-state index is 8.91. The van der Waals surface area contributed by atoms with Gasteiger partial charge in [-0.2, -0.15) is 5.26 Å². The van der Waals surface area contributed by atoms with Crippen molar-refractivity contribution >= 4 is 11.6 Å². The standard InChI is InChI=1S/C14H18ClN3O/c1-10(12-3-2-4-19-9-12)17-7-11-5-13(6-16)14(15)18-8-11/h5,8,10,12,17H,2-4,7,9H2,1H3/t10-,12-/m0/s1. The lowest BCUT2D eigenvalue weighted by Gasteiger charge is -2.28. The molecule has 4 nitrogen and oxygen atoms in total. The summed E-state index contributed by atoms with van der Waals surface area (Å²) in [5.41, 5.74) is 1.40. The van der Waals surface area contributed by atoms with E-state index >= 15 is 0 Å². The minimum Gasteiger partial charge on any atom is -0.381 e. The van der Waals surface area contributed by atoms with Crippen LogP contribution in [0, 0.1) is 17.2 Å². The highest BCUT2D eigenvalue weighted by Gasteiger charge is 2.20. The minimum absolute atomic E-state index is 0.264. The molecule has 2 heterocycles. The third kappa shape index (κ3) is 3.90. The van der Waals surface area contributed by atoms with Crippen molar-refractivity contribution in [2.75, 3.05) is 13.2 Å².